The first-order chi connectivity index (χ1) is 11.3. The Morgan fingerprint density at radius 3 is 2.33 bits per heavy atom. The molecule has 1 aromatic rings. The first kappa shape index (κ1) is 19.3. The van der Waals surface area contributed by atoms with E-state index < -0.39 is 23.7 Å². The molecular weight excluding hydrogens is 318 g/mol. The molecule has 0 fully saturated rings. The highest BCUT2D eigenvalue weighted by Gasteiger charge is 2.27. The van der Waals surface area contributed by atoms with Gasteiger partial charge in [0, 0.05) is 11.5 Å². The van der Waals surface area contributed by atoms with Crippen molar-refractivity contribution < 1.29 is 29.0 Å². The van der Waals surface area contributed by atoms with E-state index in [2.05, 4.69) is 15.2 Å². The Morgan fingerprint density at radius 1 is 1.17 bits per heavy atom. The Labute approximate surface area is 139 Å². The number of aromatic nitrogens is 1. The van der Waals surface area contributed by atoms with Gasteiger partial charge in [-0.15, -0.1) is 10.2 Å². The fraction of sp³-hybridized carbons (Fsp3) is 0.533. The van der Waals surface area contributed by atoms with E-state index in [4.69, 9.17) is 9.47 Å². The van der Waals surface area contributed by atoms with Gasteiger partial charge in [0.1, 0.15) is 5.56 Å². The third kappa shape index (κ3) is 4.90. The van der Waals surface area contributed by atoms with Gasteiger partial charge in [-0.3, -0.25) is 9.59 Å². The molecule has 0 unspecified atom stereocenters. The lowest BCUT2D eigenvalue weighted by Gasteiger charge is -2.05. The SMILES string of the molecule is CCOC(=O)Cc1c(O)[nH]c(N=NC(=O)C(C)C)c1C(=O)OCC. The normalized spacial score (nSPS) is 11.0. The van der Waals surface area contributed by atoms with Crippen molar-refractivity contribution in [3.63, 3.8) is 0 Å². The largest absolute Gasteiger partial charge is 0.494 e. The molecule has 0 saturated carbocycles. The average molecular weight is 339 g/mol. The fourth-order valence-electron chi connectivity index (χ4n) is 1.75. The molecule has 0 spiro atoms. The molecule has 1 rings (SSSR count). The number of amides is 1. The molecule has 1 heterocycles. The zero-order valence-corrected chi connectivity index (χ0v) is 14.1. The third-order valence-corrected chi connectivity index (χ3v) is 2.91. The molecule has 2 N–H and O–H groups in total. The van der Waals surface area contributed by atoms with Crippen molar-refractivity contribution in [3.05, 3.63) is 11.1 Å². The Kier molecular flexibility index (Phi) is 7.09. The van der Waals surface area contributed by atoms with Gasteiger partial charge in [-0.25, -0.2) is 4.79 Å². The van der Waals surface area contributed by atoms with Crippen molar-refractivity contribution in [2.24, 2.45) is 16.1 Å². The van der Waals surface area contributed by atoms with Crippen molar-refractivity contribution >= 4 is 23.7 Å². The van der Waals surface area contributed by atoms with E-state index in [0.717, 1.165) is 0 Å². The maximum absolute atomic E-state index is 12.1. The molecule has 1 aromatic heterocycles. The average Bonchev–Trinajstić information content (AvgIpc) is 2.81. The monoisotopic (exact) mass is 339 g/mol. The van der Waals surface area contributed by atoms with Gasteiger partial charge in [0.2, 0.25) is 0 Å². The zero-order chi connectivity index (χ0) is 18.3. The number of azo groups is 1. The van der Waals surface area contributed by atoms with Gasteiger partial charge in [0.05, 0.1) is 19.6 Å². The number of carbonyl (C=O) groups is 3. The molecule has 1 amide bonds. The van der Waals surface area contributed by atoms with Gasteiger partial charge in [0.25, 0.3) is 5.91 Å². The molecule has 9 heteroatoms. The molecule has 0 aliphatic carbocycles. The summed E-state index contributed by atoms with van der Waals surface area (Å²) in [5.41, 5.74) is -0.166. The summed E-state index contributed by atoms with van der Waals surface area (Å²) in [6, 6.07) is 0. The summed E-state index contributed by atoms with van der Waals surface area (Å²) in [6.07, 6.45) is -0.349. The lowest BCUT2D eigenvalue weighted by Crippen LogP contribution is -2.12. The molecule has 0 aliphatic rings. The first-order valence-corrected chi connectivity index (χ1v) is 7.53. The zero-order valence-electron chi connectivity index (χ0n) is 14.1. The number of hydrogen-bond acceptors (Lipinski definition) is 7. The first-order valence-electron chi connectivity index (χ1n) is 7.53. The van der Waals surface area contributed by atoms with Gasteiger partial charge in [-0.1, -0.05) is 13.8 Å². The van der Waals surface area contributed by atoms with Crippen LogP contribution in [0.1, 0.15) is 43.6 Å². The molecule has 0 bridgehead atoms. The fourth-order valence-corrected chi connectivity index (χ4v) is 1.75. The second-order valence-corrected chi connectivity index (χ2v) is 5.07. The minimum Gasteiger partial charge on any atom is -0.494 e. The van der Waals surface area contributed by atoms with Crippen LogP contribution >= 0.6 is 0 Å². The summed E-state index contributed by atoms with van der Waals surface area (Å²) in [6.45, 7) is 6.79. The molecule has 0 saturated heterocycles. The predicted molar refractivity (Wildman–Crippen MR) is 83.1 cm³/mol. The smallest absolute Gasteiger partial charge is 0.342 e. The van der Waals surface area contributed by atoms with E-state index >= 15 is 0 Å². The van der Waals surface area contributed by atoms with Crippen molar-refractivity contribution in [2.75, 3.05) is 13.2 Å². The summed E-state index contributed by atoms with van der Waals surface area (Å²) in [4.78, 5) is 37.8. The molecule has 9 nitrogen and oxygen atoms in total. The lowest BCUT2D eigenvalue weighted by atomic mass is 10.1. The van der Waals surface area contributed by atoms with Crippen LogP contribution < -0.4 is 0 Å². The Hall–Kier alpha value is -2.71. The molecule has 0 aromatic carbocycles. The van der Waals surface area contributed by atoms with Gasteiger partial charge in [-0.05, 0) is 13.8 Å². The summed E-state index contributed by atoms with van der Waals surface area (Å²) in [5.74, 6) is -2.87. The Balaban J connectivity index is 3.26. The summed E-state index contributed by atoms with van der Waals surface area (Å²) in [5, 5.41) is 17.1. The van der Waals surface area contributed by atoms with Crippen LogP contribution in [-0.2, 0) is 25.5 Å². The van der Waals surface area contributed by atoms with E-state index in [1.807, 2.05) is 0 Å². The summed E-state index contributed by atoms with van der Waals surface area (Å²) < 4.78 is 9.72. The maximum Gasteiger partial charge on any atom is 0.342 e. The lowest BCUT2D eigenvalue weighted by molar-refractivity contribution is -0.142. The van der Waals surface area contributed by atoms with Crippen molar-refractivity contribution in [3.8, 4) is 5.88 Å². The molecule has 24 heavy (non-hydrogen) atoms. The van der Waals surface area contributed by atoms with E-state index in [1.165, 1.54) is 0 Å². The van der Waals surface area contributed by atoms with Crippen LogP contribution in [0.2, 0.25) is 0 Å². The highest BCUT2D eigenvalue weighted by Crippen LogP contribution is 2.32. The van der Waals surface area contributed by atoms with Crippen molar-refractivity contribution in [1.29, 1.82) is 0 Å². The molecule has 0 radical (unpaired) electrons. The van der Waals surface area contributed by atoms with E-state index in [1.54, 1.807) is 27.7 Å². The van der Waals surface area contributed by atoms with Crippen LogP contribution in [0.4, 0.5) is 5.82 Å². The maximum atomic E-state index is 12.1. The van der Waals surface area contributed by atoms with Crippen molar-refractivity contribution in [1.82, 2.24) is 4.98 Å². The predicted octanol–water partition coefficient (Wildman–Crippen LogP) is 2.27. The number of esters is 2. The number of hydrogen-bond donors (Lipinski definition) is 2. The van der Waals surface area contributed by atoms with E-state index in [9.17, 15) is 19.5 Å². The number of carbonyl (C=O) groups excluding carboxylic acids is 3. The van der Waals surface area contributed by atoms with Crippen LogP contribution in [-0.4, -0.2) is 41.2 Å². The number of aromatic amines is 1. The third-order valence-electron chi connectivity index (χ3n) is 2.91. The second-order valence-electron chi connectivity index (χ2n) is 5.07. The van der Waals surface area contributed by atoms with Crippen LogP contribution in [0.3, 0.4) is 0 Å². The van der Waals surface area contributed by atoms with E-state index in [0.29, 0.717) is 0 Å². The number of nitrogens with zero attached hydrogens (tertiary/aromatic N) is 2. The van der Waals surface area contributed by atoms with Crippen LogP contribution in [0.15, 0.2) is 10.2 Å². The molecular formula is C15H21N3O6. The Morgan fingerprint density at radius 2 is 1.79 bits per heavy atom. The number of rotatable bonds is 7. The Bertz CT molecular complexity index is 648. The second kappa shape index (κ2) is 8.80. The quantitative estimate of drug-likeness (QED) is 0.579. The topological polar surface area (TPSA) is 130 Å². The van der Waals surface area contributed by atoms with Gasteiger partial charge < -0.3 is 19.6 Å². The minimum atomic E-state index is -0.792. The minimum absolute atomic E-state index is 0.0159. The highest BCUT2D eigenvalue weighted by molar-refractivity contribution is 5.98. The van der Waals surface area contributed by atoms with Crippen molar-refractivity contribution in [2.45, 2.75) is 34.1 Å². The van der Waals surface area contributed by atoms with Gasteiger partial charge in [-0.2, -0.15) is 0 Å². The van der Waals surface area contributed by atoms with Crippen LogP contribution in [0.5, 0.6) is 5.88 Å². The molecule has 0 aliphatic heterocycles. The summed E-state index contributed by atoms with van der Waals surface area (Å²) >= 11 is 0. The summed E-state index contributed by atoms with van der Waals surface area (Å²) in [7, 11) is 0. The van der Waals surface area contributed by atoms with E-state index in [-0.39, 0.29) is 42.5 Å². The number of ether oxygens (including phenoxy) is 2. The number of nitrogens with one attached hydrogen (secondary N) is 1. The highest BCUT2D eigenvalue weighted by atomic mass is 16.5. The van der Waals surface area contributed by atoms with Crippen LogP contribution in [0.25, 0.3) is 0 Å². The molecule has 132 valence electrons. The molecule has 0 atom stereocenters. The van der Waals surface area contributed by atoms with Crippen LogP contribution in [0, 0.1) is 5.92 Å². The standard InChI is InChI=1S/C15H21N3O6/c1-5-23-10(19)7-9-11(15(22)24-6-2)12(16-14(9)21)17-18-13(20)8(3)4/h8,16,21H,5-7H2,1-4H3. The van der Waals surface area contributed by atoms with Gasteiger partial charge in [0.15, 0.2) is 11.7 Å². The number of H-pyrrole nitrogens is 1. The number of aromatic hydroxyl groups is 1. The van der Waals surface area contributed by atoms with Gasteiger partial charge >= 0.3 is 11.9 Å².